The van der Waals surface area contributed by atoms with Crippen LogP contribution in [0.15, 0.2) is 67.0 Å². The SMILES string of the molecule is Nc1ccccc1-n1ccnc1-c1ccccc1. The summed E-state index contributed by atoms with van der Waals surface area (Å²) in [6.45, 7) is 0. The van der Waals surface area contributed by atoms with Crippen LogP contribution in [0.5, 0.6) is 0 Å². The van der Waals surface area contributed by atoms with Crippen LogP contribution in [0.3, 0.4) is 0 Å². The average molecular weight is 235 g/mol. The molecule has 0 radical (unpaired) electrons. The lowest BCUT2D eigenvalue weighted by Crippen LogP contribution is -2.00. The van der Waals surface area contributed by atoms with Gasteiger partial charge in [-0.05, 0) is 12.1 Å². The van der Waals surface area contributed by atoms with Gasteiger partial charge in [0.2, 0.25) is 0 Å². The highest BCUT2D eigenvalue weighted by molar-refractivity contribution is 5.64. The minimum Gasteiger partial charge on any atom is -0.397 e. The Hall–Kier alpha value is -2.55. The molecule has 3 rings (SSSR count). The predicted molar refractivity (Wildman–Crippen MR) is 73.4 cm³/mol. The number of para-hydroxylation sites is 2. The van der Waals surface area contributed by atoms with E-state index < -0.39 is 0 Å². The third kappa shape index (κ3) is 1.76. The molecule has 2 aromatic carbocycles. The summed E-state index contributed by atoms with van der Waals surface area (Å²) in [5.74, 6) is 0.897. The summed E-state index contributed by atoms with van der Waals surface area (Å²) in [6.07, 6.45) is 3.71. The highest BCUT2D eigenvalue weighted by atomic mass is 15.1. The van der Waals surface area contributed by atoms with Gasteiger partial charge in [0, 0.05) is 18.0 Å². The number of anilines is 1. The van der Waals surface area contributed by atoms with E-state index in [4.69, 9.17) is 5.73 Å². The van der Waals surface area contributed by atoms with Crippen LogP contribution < -0.4 is 5.73 Å². The van der Waals surface area contributed by atoms with Gasteiger partial charge in [0.25, 0.3) is 0 Å². The Bertz CT molecular complexity index is 656. The van der Waals surface area contributed by atoms with E-state index in [9.17, 15) is 0 Å². The van der Waals surface area contributed by atoms with Gasteiger partial charge in [0.1, 0.15) is 5.82 Å². The summed E-state index contributed by atoms with van der Waals surface area (Å²) >= 11 is 0. The first-order chi connectivity index (χ1) is 8.86. The first-order valence-electron chi connectivity index (χ1n) is 5.80. The van der Waals surface area contributed by atoms with E-state index in [1.807, 2.05) is 65.4 Å². The smallest absolute Gasteiger partial charge is 0.144 e. The summed E-state index contributed by atoms with van der Waals surface area (Å²) in [5, 5.41) is 0. The molecule has 0 bridgehead atoms. The molecule has 0 aliphatic carbocycles. The van der Waals surface area contributed by atoms with Crippen LogP contribution in [-0.2, 0) is 0 Å². The molecule has 0 saturated heterocycles. The molecular formula is C15H13N3. The number of aromatic nitrogens is 2. The van der Waals surface area contributed by atoms with Crippen LogP contribution >= 0.6 is 0 Å². The van der Waals surface area contributed by atoms with Gasteiger partial charge in [-0.3, -0.25) is 4.57 Å². The molecule has 0 saturated carbocycles. The molecule has 3 aromatic rings. The third-order valence-corrected chi connectivity index (χ3v) is 2.87. The molecule has 18 heavy (non-hydrogen) atoms. The van der Waals surface area contributed by atoms with Crippen LogP contribution in [-0.4, -0.2) is 9.55 Å². The van der Waals surface area contributed by atoms with E-state index in [1.54, 1.807) is 6.20 Å². The van der Waals surface area contributed by atoms with Crippen LogP contribution in [0.25, 0.3) is 17.1 Å². The number of nitrogens with two attached hydrogens (primary N) is 1. The second-order valence-corrected chi connectivity index (χ2v) is 4.05. The molecule has 88 valence electrons. The van der Waals surface area contributed by atoms with Crippen LogP contribution in [0.2, 0.25) is 0 Å². The second kappa shape index (κ2) is 4.37. The molecule has 0 fully saturated rings. The minimum atomic E-state index is 0.743. The van der Waals surface area contributed by atoms with Crippen LogP contribution in [0.4, 0.5) is 5.69 Å². The molecule has 3 nitrogen and oxygen atoms in total. The van der Waals surface area contributed by atoms with Crippen LogP contribution in [0.1, 0.15) is 0 Å². The maximum Gasteiger partial charge on any atom is 0.144 e. The highest BCUT2D eigenvalue weighted by Crippen LogP contribution is 2.24. The molecule has 2 N–H and O–H groups in total. The zero-order valence-electron chi connectivity index (χ0n) is 9.82. The maximum atomic E-state index is 6.01. The fraction of sp³-hybridized carbons (Fsp3) is 0. The molecule has 0 atom stereocenters. The largest absolute Gasteiger partial charge is 0.397 e. The fourth-order valence-corrected chi connectivity index (χ4v) is 2.01. The van der Waals surface area contributed by atoms with E-state index in [1.165, 1.54) is 0 Å². The first kappa shape index (κ1) is 10.6. The maximum absolute atomic E-state index is 6.01. The molecule has 1 aromatic heterocycles. The van der Waals surface area contributed by atoms with Gasteiger partial charge in [0.15, 0.2) is 0 Å². The summed E-state index contributed by atoms with van der Waals surface area (Å²) in [4.78, 5) is 4.41. The topological polar surface area (TPSA) is 43.8 Å². The number of nitrogens with zero attached hydrogens (tertiary/aromatic N) is 2. The normalized spacial score (nSPS) is 10.4. The van der Waals surface area contributed by atoms with Crippen molar-refractivity contribution in [3.63, 3.8) is 0 Å². The van der Waals surface area contributed by atoms with Crippen molar-refractivity contribution in [3.8, 4) is 17.1 Å². The standard InChI is InChI=1S/C15H13N3/c16-13-8-4-5-9-14(13)18-11-10-17-15(18)12-6-2-1-3-7-12/h1-11H,16H2. The monoisotopic (exact) mass is 235 g/mol. The molecule has 0 spiro atoms. The zero-order valence-corrected chi connectivity index (χ0v) is 9.82. The van der Waals surface area contributed by atoms with Crippen LogP contribution in [0, 0.1) is 0 Å². The zero-order chi connectivity index (χ0) is 12.4. The first-order valence-corrected chi connectivity index (χ1v) is 5.80. The Morgan fingerprint density at radius 2 is 1.61 bits per heavy atom. The second-order valence-electron chi connectivity index (χ2n) is 4.05. The Balaban J connectivity index is 2.16. The Morgan fingerprint density at radius 1 is 0.889 bits per heavy atom. The molecule has 0 aliphatic rings. The van der Waals surface area contributed by atoms with Gasteiger partial charge < -0.3 is 5.73 Å². The average Bonchev–Trinajstić information content (AvgIpc) is 2.89. The molecule has 0 unspecified atom stereocenters. The van der Waals surface area contributed by atoms with Gasteiger partial charge in [-0.1, -0.05) is 42.5 Å². The van der Waals surface area contributed by atoms with Gasteiger partial charge >= 0.3 is 0 Å². The summed E-state index contributed by atoms with van der Waals surface area (Å²) in [7, 11) is 0. The number of benzene rings is 2. The van der Waals surface area contributed by atoms with Crippen molar-refractivity contribution in [3.05, 3.63) is 67.0 Å². The lowest BCUT2D eigenvalue weighted by atomic mass is 10.2. The molecule has 1 heterocycles. The van der Waals surface area contributed by atoms with E-state index in [0.717, 1.165) is 22.8 Å². The summed E-state index contributed by atoms with van der Waals surface area (Å²) in [5.41, 5.74) is 8.78. The Labute approximate surface area is 106 Å². The third-order valence-electron chi connectivity index (χ3n) is 2.87. The van der Waals surface area contributed by atoms with Gasteiger partial charge in [-0.15, -0.1) is 0 Å². The summed E-state index contributed by atoms with van der Waals surface area (Å²) in [6, 6.07) is 17.9. The van der Waals surface area contributed by atoms with Crippen molar-refractivity contribution < 1.29 is 0 Å². The Morgan fingerprint density at radius 3 is 2.39 bits per heavy atom. The molecule has 3 heteroatoms. The number of hydrogen-bond donors (Lipinski definition) is 1. The van der Waals surface area contributed by atoms with Gasteiger partial charge in [-0.2, -0.15) is 0 Å². The van der Waals surface area contributed by atoms with E-state index in [-0.39, 0.29) is 0 Å². The number of nitrogen functional groups attached to an aromatic ring is 1. The number of rotatable bonds is 2. The molecular weight excluding hydrogens is 222 g/mol. The molecule has 0 aliphatic heterocycles. The number of imidazole rings is 1. The van der Waals surface area contributed by atoms with Crippen molar-refractivity contribution in [1.29, 1.82) is 0 Å². The predicted octanol–water partition coefficient (Wildman–Crippen LogP) is 3.12. The highest BCUT2D eigenvalue weighted by Gasteiger charge is 2.08. The minimum absolute atomic E-state index is 0.743. The lowest BCUT2D eigenvalue weighted by molar-refractivity contribution is 1.07. The molecule has 0 amide bonds. The van der Waals surface area contributed by atoms with Crippen molar-refractivity contribution >= 4 is 5.69 Å². The number of hydrogen-bond acceptors (Lipinski definition) is 2. The van der Waals surface area contributed by atoms with E-state index in [2.05, 4.69) is 4.98 Å². The van der Waals surface area contributed by atoms with Crippen molar-refractivity contribution in [2.45, 2.75) is 0 Å². The van der Waals surface area contributed by atoms with E-state index in [0.29, 0.717) is 0 Å². The Kier molecular flexibility index (Phi) is 2.57. The van der Waals surface area contributed by atoms with E-state index >= 15 is 0 Å². The van der Waals surface area contributed by atoms with Crippen molar-refractivity contribution in [2.24, 2.45) is 0 Å². The fourth-order valence-electron chi connectivity index (χ4n) is 2.01. The van der Waals surface area contributed by atoms with Crippen molar-refractivity contribution in [2.75, 3.05) is 5.73 Å². The summed E-state index contributed by atoms with van der Waals surface area (Å²) < 4.78 is 2.00. The lowest BCUT2D eigenvalue weighted by Gasteiger charge is -2.10. The van der Waals surface area contributed by atoms with Gasteiger partial charge in [-0.25, -0.2) is 4.98 Å². The quantitative estimate of drug-likeness (QED) is 0.693. The van der Waals surface area contributed by atoms with Gasteiger partial charge in [0.05, 0.1) is 11.4 Å². The van der Waals surface area contributed by atoms with Crippen molar-refractivity contribution in [1.82, 2.24) is 9.55 Å².